The molecule has 0 spiro atoms. The Kier molecular flexibility index (Phi) is 5.17. The Hall–Kier alpha value is -2.67. The van der Waals surface area contributed by atoms with Gasteiger partial charge in [0, 0.05) is 36.7 Å². The van der Waals surface area contributed by atoms with E-state index in [9.17, 15) is 14.4 Å². The molecule has 3 heterocycles. The summed E-state index contributed by atoms with van der Waals surface area (Å²) in [5.74, 6) is 0.0597. The highest BCUT2D eigenvalue weighted by Gasteiger charge is 2.37. The van der Waals surface area contributed by atoms with Gasteiger partial charge < -0.3 is 20.9 Å². The van der Waals surface area contributed by atoms with E-state index in [-0.39, 0.29) is 29.7 Å². The van der Waals surface area contributed by atoms with Gasteiger partial charge in [-0.1, -0.05) is 18.7 Å². The molecule has 7 heteroatoms. The third kappa shape index (κ3) is 3.54. The highest BCUT2D eigenvalue weighted by Crippen LogP contribution is 2.31. The molecule has 1 aromatic rings. The predicted octanol–water partition coefficient (Wildman–Crippen LogP) is 1.05. The Morgan fingerprint density at radius 3 is 2.75 bits per heavy atom. The number of fused-ring (bicyclic) bond motifs is 1. The molecular weight excluding hydrogens is 356 g/mol. The summed E-state index contributed by atoms with van der Waals surface area (Å²) in [4.78, 5) is 38.7. The van der Waals surface area contributed by atoms with Crippen molar-refractivity contribution in [3.05, 3.63) is 47.2 Å². The summed E-state index contributed by atoms with van der Waals surface area (Å²) in [6.45, 7) is 6.60. The minimum atomic E-state index is -0.185. The Bertz CT molecular complexity index is 829. The van der Waals surface area contributed by atoms with Gasteiger partial charge in [0.25, 0.3) is 5.91 Å². The Balaban J connectivity index is 1.46. The van der Waals surface area contributed by atoms with Crippen LogP contribution in [0.3, 0.4) is 0 Å². The van der Waals surface area contributed by atoms with E-state index in [1.807, 2.05) is 18.2 Å². The van der Waals surface area contributed by atoms with Gasteiger partial charge in [0.2, 0.25) is 11.8 Å². The molecule has 3 aliphatic rings. The molecule has 2 fully saturated rings. The second-order valence-corrected chi connectivity index (χ2v) is 7.75. The fourth-order valence-electron chi connectivity index (χ4n) is 4.36. The molecule has 3 aliphatic heterocycles. The van der Waals surface area contributed by atoms with Crippen LogP contribution in [0.25, 0.3) is 0 Å². The molecule has 1 unspecified atom stereocenters. The smallest absolute Gasteiger partial charge is 0.255 e. The molecule has 1 aromatic carbocycles. The monoisotopic (exact) mass is 382 g/mol. The van der Waals surface area contributed by atoms with Crippen LogP contribution in [0.4, 0.5) is 0 Å². The lowest BCUT2D eigenvalue weighted by Gasteiger charge is -2.32. The molecule has 7 nitrogen and oxygen atoms in total. The summed E-state index contributed by atoms with van der Waals surface area (Å²) in [5.41, 5.74) is 3.19. The van der Waals surface area contributed by atoms with Crippen LogP contribution in [0.1, 0.15) is 47.2 Å². The van der Waals surface area contributed by atoms with Gasteiger partial charge in [0.15, 0.2) is 0 Å². The van der Waals surface area contributed by atoms with Gasteiger partial charge in [-0.3, -0.25) is 14.4 Å². The molecule has 0 aliphatic carbocycles. The zero-order chi connectivity index (χ0) is 19.7. The number of nitrogens with zero attached hydrogens (tertiary/aromatic N) is 1. The molecule has 0 bridgehead atoms. The zero-order valence-electron chi connectivity index (χ0n) is 15.9. The highest BCUT2D eigenvalue weighted by molar-refractivity contribution is 5.99. The second kappa shape index (κ2) is 7.75. The molecule has 28 heavy (non-hydrogen) atoms. The van der Waals surface area contributed by atoms with Gasteiger partial charge in [-0.05, 0) is 49.5 Å². The second-order valence-electron chi connectivity index (χ2n) is 7.75. The van der Waals surface area contributed by atoms with E-state index in [0.717, 1.165) is 37.1 Å². The van der Waals surface area contributed by atoms with Crippen molar-refractivity contribution in [1.82, 2.24) is 20.9 Å². The van der Waals surface area contributed by atoms with Gasteiger partial charge >= 0.3 is 0 Å². The number of carbonyl (C=O) groups excluding carboxylic acids is 3. The standard InChI is InChI=1S/C21H26N4O3/c1-13-18(5-6-19(26)24-13)25-12-17-15(3-2-4-16(17)21(25)28)11-23-20(27)14-7-9-22-10-8-14/h2-4,14,18,22H,1,5-12H2,(H,23,27)(H,24,26). The van der Waals surface area contributed by atoms with E-state index in [1.165, 1.54) is 0 Å². The first-order valence-corrected chi connectivity index (χ1v) is 9.93. The lowest BCUT2D eigenvalue weighted by Crippen LogP contribution is -2.45. The average molecular weight is 382 g/mol. The summed E-state index contributed by atoms with van der Waals surface area (Å²) < 4.78 is 0. The third-order valence-electron chi connectivity index (χ3n) is 5.98. The number of amides is 3. The van der Waals surface area contributed by atoms with Gasteiger partial charge in [-0.2, -0.15) is 0 Å². The lowest BCUT2D eigenvalue weighted by atomic mass is 9.97. The van der Waals surface area contributed by atoms with Gasteiger partial charge in [0.1, 0.15) is 0 Å². The maximum absolute atomic E-state index is 12.9. The number of benzene rings is 1. The van der Waals surface area contributed by atoms with Crippen LogP contribution in [0, 0.1) is 5.92 Å². The van der Waals surface area contributed by atoms with E-state index < -0.39 is 0 Å². The largest absolute Gasteiger partial charge is 0.352 e. The molecular formula is C21H26N4O3. The van der Waals surface area contributed by atoms with Crippen LogP contribution in [0.2, 0.25) is 0 Å². The van der Waals surface area contributed by atoms with Crippen molar-refractivity contribution >= 4 is 17.7 Å². The first-order chi connectivity index (χ1) is 13.5. The Labute approximate surface area is 164 Å². The van der Waals surface area contributed by atoms with Crippen LogP contribution in [-0.2, 0) is 22.7 Å². The van der Waals surface area contributed by atoms with Crippen molar-refractivity contribution in [3.63, 3.8) is 0 Å². The molecule has 3 N–H and O–H groups in total. The van der Waals surface area contributed by atoms with Crippen molar-refractivity contribution in [2.45, 2.75) is 44.8 Å². The van der Waals surface area contributed by atoms with Crippen molar-refractivity contribution in [1.29, 1.82) is 0 Å². The minimum absolute atomic E-state index is 0.0381. The van der Waals surface area contributed by atoms with Crippen molar-refractivity contribution < 1.29 is 14.4 Å². The number of piperidine rings is 2. The van der Waals surface area contributed by atoms with E-state index in [2.05, 4.69) is 22.5 Å². The molecule has 148 valence electrons. The fourth-order valence-corrected chi connectivity index (χ4v) is 4.36. The third-order valence-corrected chi connectivity index (χ3v) is 5.98. The zero-order valence-corrected chi connectivity index (χ0v) is 15.9. The summed E-state index contributed by atoms with van der Waals surface area (Å²) in [6, 6.07) is 5.48. The van der Waals surface area contributed by atoms with Crippen LogP contribution < -0.4 is 16.0 Å². The molecule has 3 amide bonds. The van der Waals surface area contributed by atoms with Crippen molar-refractivity contribution in [3.8, 4) is 0 Å². The van der Waals surface area contributed by atoms with Crippen LogP contribution in [-0.4, -0.2) is 41.8 Å². The molecule has 0 radical (unpaired) electrons. The van der Waals surface area contributed by atoms with Crippen LogP contribution >= 0.6 is 0 Å². The normalized spacial score (nSPS) is 22.8. The fraction of sp³-hybridized carbons (Fsp3) is 0.476. The summed E-state index contributed by atoms with van der Waals surface area (Å²) >= 11 is 0. The number of hydrogen-bond donors (Lipinski definition) is 3. The molecule has 0 aromatic heterocycles. The van der Waals surface area contributed by atoms with E-state index in [0.29, 0.717) is 37.2 Å². The maximum atomic E-state index is 12.9. The van der Waals surface area contributed by atoms with E-state index in [4.69, 9.17) is 0 Å². The lowest BCUT2D eigenvalue weighted by molar-refractivity contribution is -0.126. The Morgan fingerprint density at radius 1 is 1.21 bits per heavy atom. The minimum Gasteiger partial charge on any atom is -0.352 e. The van der Waals surface area contributed by atoms with E-state index >= 15 is 0 Å². The number of nitrogens with one attached hydrogen (secondary N) is 3. The van der Waals surface area contributed by atoms with Gasteiger partial charge in [-0.25, -0.2) is 0 Å². The van der Waals surface area contributed by atoms with Crippen LogP contribution in [0.5, 0.6) is 0 Å². The average Bonchev–Trinajstić information content (AvgIpc) is 3.04. The van der Waals surface area contributed by atoms with Gasteiger partial charge in [0.05, 0.1) is 6.04 Å². The van der Waals surface area contributed by atoms with E-state index in [1.54, 1.807) is 4.90 Å². The van der Waals surface area contributed by atoms with Crippen molar-refractivity contribution in [2.24, 2.45) is 5.92 Å². The molecule has 2 saturated heterocycles. The van der Waals surface area contributed by atoms with Crippen molar-refractivity contribution in [2.75, 3.05) is 13.1 Å². The predicted molar refractivity (Wildman–Crippen MR) is 104 cm³/mol. The first kappa shape index (κ1) is 18.7. The molecule has 0 saturated carbocycles. The molecule has 1 atom stereocenters. The van der Waals surface area contributed by atoms with Crippen LogP contribution in [0.15, 0.2) is 30.5 Å². The molecule has 4 rings (SSSR count). The highest BCUT2D eigenvalue weighted by atomic mass is 16.2. The summed E-state index contributed by atoms with van der Waals surface area (Å²) in [7, 11) is 0. The first-order valence-electron chi connectivity index (χ1n) is 9.93. The SMILES string of the molecule is C=C1NC(=O)CCC1N1Cc2c(CNC(=O)C3CCNCC3)cccc2C1=O. The quantitative estimate of drug-likeness (QED) is 0.726. The van der Waals surface area contributed by atoms with Gasteiger partial charge in [-0.15, -0.1) is 0 Å². The number of rotatable bonds is 4. The summed E-state index contributed by atoms with van der Waals surface area (Å²) in [6.07, 6.45) is 2.70. The Morgan fingerprint density at radius 2 is 2.00 bits per heavy atom. The maximum Gasteiger partial charge on any atom is 0.255 e. The topological polar surface area (TPSA) is 90.5 Å². The number of carbonyl (C=O) groups is 3. The summed E-state index contributed by atoms with van der Waals surface area (Å²) in [5, 5.41) is 9.07. The number of hydrogen-bond acceptors (Lipinski definition) is 4.